The Bertz CT molecular complexity index is 1870. The predicted molar refractivity (Wildman–Crippen MR) is 243 cm³/mol. The first kappa shape index (κ1) is 67.0. The van der Waals surface area contributed by atoms with E-state index in [1.54, 1.807) is 0 Å². The molecular formula is C44H76O37. The van der Waals surface area contributed by atoms with E-state index in [-0.39, 0.29) is 0 Å². The minimum atomic E-state index is -2.34. The monoisotopic (exact) mass is 1200 g/mol. The van der Waals surface area contributed by atoms with Crippen LogP contribution in [0.5, 0.6) is 0 Å². The molecule has 81 heavy (non-hydrogen) atoms. The SMILES string of the molecule is OCC(O)C(O)C(OC1OC(CO)C(OC2OC(COC3OCC(O)C(O)C3OC3OC(CO)C(O)C3O)C(OC3OC(COC4OCC(O)C(O)C4OC4OC(CO)C(O)C4O)C(O)C(O)C3O)C(O)C2O)C(O)C1O)C(O)CO. The molecule has 0 aliphatic carbocycles. The number of rotatable bonds is 24. The van der Waals surface area contributed by atoms with E-state index in [9.17, 15) is 117 Å². The van der Waals surface area contributed by atoms with Gasteiger partial charge in [0.25, 0.3) is 0 Å². The van der Waals surface area contributed by atoms with Crippen LogP contribution in [0.4, 0.5) is 0 Å². The summed E-state index contributed by atoms with van der Waals surface area (Å²) in [5, 5.41) is 243. The van der Waals surface area contributed by atoms with Crippen molar-refractivity contribution in [3.63, 3.8) is 0 Å². The summed E-state index contributed by atoms with van der Waals surface area (Å²) in [4.78, 5) is 0. The van der Waals surface area contributed by atoms with E-state index in [1.165, 1.54) is 0 Å². The summed E-state index contributed by atoms with van der Waals surface area (Å²) >= 11 is 0. The van der Waals surface area contributed by atoms with Crippen LogP contribution in [0.15, 0.2) is 0 Å². The maximum absolute atomic E-state index is 11.8. The Morgan fingerprint density at radius 1 is 0.333 bits per heavy atom. The maximum atomic E-state index is 11.8. The van der Waals surface area contributed by atoms with Crippen LogP contribution < -0.4 is 0 Å². The highest BCUT2D eigenvalue weighted by atomic mass is 16.8. The molecule has 7 aliphatic rings. The fourth-order valence-corrected chi connectivity index (χ4v) is 9.87. The van der Waals surface area contributed by atoms with Crippen molar-refractivity contribution in [1.82, 2.24) is 0 Å². The lowest BCUT2D eigenvalue weighted by molar-refractivity contribution is -0.389. The Morgan fingerprint density at radius 3 is 1.11 bits per heavy atom. The van der Waals surface area contributed by atoms with Gasteiger partial charge in [-0.1, -0.05) is 0 Å². The van der Waals surface area contributed by atoms with Gasteiger partial charge in [0.1, 0.15) is 171 Å². The van der Waals surface area contributed by atoms with Crippen LogP contribution in [0.2, 0.25) is 0 Å². The van der Waals surface area contributed by atoms with Gasteiger partial charge in [-0.2, -0.15) is 0 Å². The summed E-state index contributed by atoms with van der Waals surface area (Å²) < 4.78 is 79.2. The van der Waals surface area contributed by atoms with Crippen LogP contribution in [0.25, 0.3) is 0 Å². The Hall–Kier alpha value is -1.48. The van der Waals surface area contributed by atoms with Gasteiger partial charge in [0, 0.05) is 0 Å². The standard InChI is InChI=1S/C44H76O37/c45-1-10(50)19(54)33(11(51)2-46)77-41-31(66)26(61)34(16(5-49)74-41)78-42-32(67)27(62)35(18(76-42)9-71-44-37(21(56)13(53)7-69-44)81-39-29(64)23(58)15(4-48)73-39)79-40-30(65)25(60)24(59)17(75-40)8-70-43-36(20(55)12(52)6-68-43)80-38-28(63)22(57)14(3-47)72-38/h10-67H,1-9H2. The van der Waals surface area contributed by atoms with Crippen LogP contribution in [0, 0.1) is 0 Å². The van der Waals surface area contributed by atoms with Crippen molar-refractivity contribution in [2.45, 2.75) is 215 Å². The van der Waals surface area contributed by atoms with E-state index in [0.717, 1.165) is 0 Å². The lowest BCUT2D eigenvalue weighted by Gasteiger charge is -2.49. The Labute approximate surface area is 457 Å². The molecule has 35 atom stereocenters. The van der Waals surface area contributed by atoms with Crippen molar-refractivity contribution >= 4 is 0 Å². The van der Waals surface area contributed by atoms with E-state index in [4.69, 9.17) is 66.3 Å². The van der Waals surface area contributed by atoms with Gasteiger partial charge in [0.15, 0.2) is 44.0 Å². The van der Waals surface area contributed by atoms with Gasteiger partial charge in [0.05, 0.1) is 59.5 Å². The molecule has 7 fully saturated rings. The van der Waals surface area contributed by atoms with Crippen molar-refractivity contribution in [2.75, 3.05) is 59.5 Å². The summed E-state index contributed by atoms with van der Waals surface area (Å²) in [5.74, 6) is 0. The topological polar surface area (TPSA) is 595 Å². The third-order valence-electron chi connectivity index (χ3n) is 14.8. The summed E-state index contributed by atoms with van der Waals surface area (Å²) in [5.41, 5.74) is 0. The van der Waals surface area contributed by atoms with Crippen LogP contribution >= 0.6 is 0 Å². The fraction of sp³-hybridized carbons (Fsp3) is 1.00. The van der Waals surface area contributed by atoms with E-state index in [1.807, 2.05) is 0 Å². The zero-order valence-corrected chi connectivity index (χ0v) is 42.6. The first-order valence-corrected chi connectivity index (χ1v) is 25.7. The quantitative estimate of drug-likeness (QED) is 0.0427. The zero-order chi connectivity index (χ0) is 59.5. The second kappa shape index (κ2) is 29.5. The Balaban J connectivity index is 1.11. The van der Waals surface area contributed by atoms with Crippen LogP contribution in [0.3, 0.4) is 0 Å². The molecule has 0 bridgehead atoms. The highest BCUT2D eigenvalue weighted by molar-refractivity contribution is 4.99. The molecule has 0 radical (unpaired) electrons. The summed E-state index contributed by atoms with van der Waals surface area (Å²) in [7, 11) is 0. The third kappa shape index (κ3) is 14.8. The molecule has 7 rings (SSSR count). The average Bonchev–Trinajstić information content (AvgIpc) is 3.91. The molecule has 0 spiro atoms. The largest absolute Gasteiger partial charge is 0.394 e. The van der Waals surface area contributed by atoms with E-state index < -0.39 is 274 Å². The van der Waals surface area contributed by atoms with E-state index >= 15 is 0 Å². The van der Waals surface area contributed by atoms with Crippen molar-refractivity contribution < 1.29 is 184 Å². The minimum Gasteiger partial charge on any atom is -0.394 e. The summed E-state index contributed by atoms with van der Waals surface area (Å²) in [6.45, 7) is -7.88. The predicted octanol–water partition coefficient (Wildman–Crippen LogP) is -16.3. The average molecular weight is 1200 g/mol. The maximum Gasteiger partial charge on any atom is 0.187 e. The van der Waals surface area contributed by atoms with Crippen LogP contribution in [-0.4, -0.2) is 392 Å². The second-order valence-electron chi connectivity index (χ2n) is 20.3. The van der Waals surface area contributed by atoms with Gasteiger partial charge in [-0.15, -0.1) is 0 Å². The van der Waals surface area contributed by atoms with Gasteiger partial charge in [-0.05, 0) is 0 Å². The Kier molecular flexibility index (Phi) is 24.4. The Morgan fingerprint density at radius 2 is 0.679 bits per heavy atom. The normalized spacial score (nSPS) is 49.6. The summed E-state index contributed by atoms with van der Waals surface area (Å²) in [6, 6.07) is 0. The van der Waals surface area contributed by atoms with Gasteiger partial charge in [-0.25, -0.2) is 0 Å². The fourth-order valence-electron chi connectivity index (χ4n) is 9.87. The first-order chi connectivity index (χ1) is 38.4. The van der Waals surface area contributed by atoms with E-state index in [0.29, 0.717) is 0 Å². The molecule has 0 aromatic heterocycles. The van der Waals surface area contributed by atoms with E-state index in [2.05, 4.69) is 0 Å². The van der Waals surface area contributed by atoms with Crippen molar-refractivity contribution in [3.05, 3.63) is 0 Å². The number of hydrogen-bond acceptors (Lipinski definition) is 37. The number of aliphatic hydroxyl groups is 23. The molecule has 7 saturated heterocycles. The molecule has 35 unspecified atom stereocenters. The molecule has 0 saturated carbocycles. The second-order valence-corrected chi connectivity index (χ2v) is 20.3. The number of hydrogen-bond donors (Lipinski definition) is 23. The van der Waals surface area contributed by atoms with Crippen molar-refractivity contribution in [2.24, 2.45) is 0 Å². The molecule has 23 N–H and O–H groups in total. The molecule has 474 valence electrons. The molecule has 0 aromatic carbocycles. The van der Waals surface area contributed by atoms with Gasteiger partial charge >= 0.3 is 0 Å². The van der Waals surface area contributed by atoms with Crippen molar-refractivity contribution in [1.29, 1.82) is 0 Å². The zero-order valence-electron chi connectivity index (χ0n) is 42.6. The molecule has 7 heterocycles. The van der Waals surface area contributed by atoms with Crippen LogP contribution in [-0.2, 0) is 66.3 Å². The van der Waals surface area contributed by atoms with Gasteiger partial charge in [0.2, 0.25) is 0 Å². The molecule has 0 amide bonds. The molecule has 37 heteroatoms. The lowest BCUT2D eigenvalue weighted by atomic mass is 9.95. The van der Waals surface area contributed by atoms with Gasteiger partial charge < -0.3 is 184 Å². The molecule has 0 aromatic rings. The number of ether oxygens (including phenoxy) is 14. The number of aliphatic hydroxyl groups excluding tert-OH is 23. The smallest absolute Gasteiger partial charge is 0.187 e. The molecular weight excluding hydrogens is 1120 g/mol. The first-order valence-electron chi connectivity index (χ1n) is 25.7. The molecule has 37 nitrogen and oxygen atoms in total. The summed E-state index contributed by atoms with van der Waals surface area (Å²) in [6.07, 6.45) is -67.1. The van der Waals surface area contributed by atoms with Crippen molar-refractivity contribution in [3.8, 4) is 0 Å². The lowest BCUT2D eigenvalue weighted by Crippen LogP contribution is -2.67. The molecule has 7 aliphatic heterocycles. The van der Waals surface area contributed by atoms with Gasteiger partial charge in [-0.3, -0.25) is 0 Å². The third-order valence-corrected chi connectivity index (χ3v) is 14.8. The highest BCUT2D eigenvalue weighted by Gasteiger charge is 2.57. The highest BCUT2D eigenvalue weighted by Crippen LogP contribution is 2.36. The minimum absolute atomic E-state index is 0.580. The van der Waals surface area contributed by atoms with Crippen LogP contribution in [0.1, 0.15) is 0 Å².